The number of fused-ring (bicyclic) bond motifs is 1. The van der Waals surface area contributed by atoms with Crippen molar-refractivity contribution in [3.8, 4) is 11.6 Å². The summed E-state index contributed by atoms with van der Waals surface area (Å²) in [6.07, 6.45) is 2.05. The Kier molecular flexibility index (Phi) is 5.90. The second-order valence-electron chi connectivity index (χ2n) is 7.57. The lowest BCUT2D eigenvalue weighted by Gasteiger charge is -2.16. The molecule has 0 fully saturated rings. The molecule has 0 saturated heterocycles. The molecule has 170 valence electrons. The molecule has 0 aromatic carbocycles. The largest absolute Gasteiger partial charge is 0.478 e. The highest BCUT2D eigenvalue weighted by Crippen LogP contribution is 2.31. The Hall–Kier alpha value is -3.37. The lowest BCUT2D eigenvalue weighted by Crippen LogP contribution is -2.30. The molecule has 8 nitrogen and oxygen atoms in total. The quantitative estimate of drug-likeness (QED) is 0.603. The SMILES string of the molecule is CCOc1cc(-n2cc3c(n2)CCCC[C@@H]3NC(=O)c2cc(C(F)(F)F)nn2C)ccn1. The third-order valence-corrected chi connectivity index (χ3v) is 5.34. The second-order valence-corrected chi connectivity index (χ2v) is 7.57. The van der Waals surface area contributed by atoms with Gasteiger partial charge in [-0.15, -0.1) is 0 Å². The van der Waals surface area contributed by atoms with E-state index in [0.29, 0.717) is 18.9 Å². The highest BCUT2D eigenvalue weighted by atomic mass is 19.4. The van der Waals surface area contributed by atoms with Gasteiger partial charge in [-0.3, -0.25) is 9.48 Å². The molecule has 3 heterocycles. The Bertz CT molecular complexity index is 1120. The van der Waals surface area contributed by atoms with Crippen LogP contribution in [0.25, 0.3) is 5.69 Å². The maximum Gasteiger partial charge on any atom is 0.435 e. The second kappa shape index (κ2) is 8.64. The zero-order valence-electron chi connectivity index (χ0n) is 17.7. The minimum atomic E-state index is -4.61. The molecule has 0 bridgehead atoms. The van der Waals surface area contributed by atoms with E-state index in [9.17, 15) is 18.0 Å². The molecule has 11 heteroatoms. The molecule has 0 spiro atoms. The van der Waals surface area contributed by atoms with Crippen molar-refractivity contribution >= 4 is 5.91 Å². The van der Waals surface area contributed by atoms with Gasteiger partial charge in [-0.05, 0) is 32.3 Å². The summed E-state index contributed by atoms with van der Waals surface area (Å²) in [6, 6.07) is 3.98. The minimum absolute atomic E-state index is 0.147. The number of ether oxygens (including phenoxy) is 1. The van der Waals surface area contributed by atoms with Crippen LogP contribution in [0.3, 0.4) is 0 Å². The molecule has 1 aliphatic carbocycles. The number of hydrogen-bond donors (Lipinski definition) is 1. The predicted octanol–water partition coefficient (Wildman–Crippen LogP) is 3.62. The predicted molar refractivity (Wildman–Crippen MR) is 109 cm³/mol. The van der Waals surface area contributed by atoms with Crippen LogP contribution in [0.5, 0.6) is 5.88 Å². The fourth-order valence-electron chi connectivity index (χ4n) is 3.81. The van der Waals surface area contributed by atoms with Gasteiger partial charge in [0.25, 0.3) is 5.91 Å². The average molecular weight is 448 g/mol. The van der Waals surface area contributed by atoms with E-state index in [-0.39, 0.29) is 11.7 Å². The summed E-state index contributed by atoms with van der Waals surface area (Å²) >= 11 is 0. The summed E-state index contributed by atoms with van der Waals surface area (Å²) in [7, 11) is 1.32. The van der Waals surface area contributed by atoms with Gasteiger partial charge in [-0.2, -0.15) is 23.4 Å². The molecule has 1 amide bonds. The highest BCUT2D eigenvalue weighted by Gasteiger charge is 2.36. The average Bonchev–Trinajstić information content (AvgIpc) is 3.30. The number of carbonyl (C=O) groups excluding carboxylic acids is 1. The van der Waals surface area contributed by atoms with E-state index in [4.69, 9.17) is 4.74 Å². The molecule has 0 unspecified atom stereocenters. The van der Waals surface area contributed by atoms with Crippen LogP contribution in [0.4, 0.5) is 13.2 Å². The zero-order valence-corrected chi connectivity index (χ0v) is 17.7. The fraction of sp³-hybridized carbons (Fsp3) is 0.429. The summed E-state index contributed by atoms with van der Waals surface area (Å²) in [5.74, 6) is -0.124. The standard InChI is InChI=1S/C21H23F3N6O2/c1-3-32-19-10-13(8-9-25-19)30-12-14-15(6-4-5-7-16(14)27-30)26-20(31)17-11-18(21(22,23)24)28-29(17)2/h8-12,15H,3-7H2,1-2H3,(H,26,31)/t15-/m0/s1. The molecule has 3 aromatic rings. The van der Waals surface area contributed by atoms with Crippen molar-refractivity contribution in [2.75, 3.05) is 6.61 Å². The first-order chi connectivity index (χ1) is 15.3. The van der Waals surface area contributed by atoms with Crippen molar-refractivity contribution in [3.63, 3.8) is 0 Å². The number of hydrogen-bond acceptors (Lipinski definition) is 5. The van der Waals surface area contributed by atoms with Crippen LogP contribution in [0.15, 0.2) is 30.6 Å². The molecule has 1 aliphatic rings. The van der Waals surface area contributed by atoms with E-state index in [1.807, 2.05) is 13.1 Å². The van der Waals surface area contributed by atoms with Gasteiger partial charge in [0.15, 0.2) is 5.69 Å². The number of aryl methyl sites for hydroxylation is 2. The van der Waals surface area contributed by atoms with Crippen LogP contribution in [-0.2, 0) is 19.6 Å². The van der Waals surface area contributed by atoms with Gasteiger partial charge in [-0.25, -0.2) is 9.67 Å². The Morgan fingerprint density at radius 3 is 2.81 bits per heavy atom. The van der Waals surface area contributed by atoms with Gasteiger partial charge >= 0.3 is 6.18 Å². The molecule has 32 heavy (non-hydrogen) atoms. The molecule has 0 aliphatic heterocycles. The van der Waals surface area contributed by atoms with Gasteiger partial charge in [0.05, 0.1) is 24.0 Å². The third-order valence-electron chi connectivity index (χ3n) is 5.34. The number of alkyl halides is 3. The first-order valence-electron chi connectivity index (χ1n) is 10.4. The molecule has 1 atom stereocenters. The normalized spacial score (nSPS) is 16.3. The Morgan fingerprint density at radius 1 is 1.28 bits per heavy atom. The first kappa shape index (κ1) is 21.8. The van der Waals surface area contributed by atoms with Crippen LogP contribution in [0.1, 0.15) is 59.7 Å². The fourth-order valence-corrected chi connectivity index (χ4v) is 3.81. The van der Waals surface area contributed by atoms with Crippen LogP contribution in [0.2, 0.25) is 0 Å². The molecule has 1 N–H and O–H groups in total. The monoisotopic (exact) mass is 448 g/mol. The van der Waals surface area contributed by atoms with Gasteiger partial charge in [0.1, 0.15) is 5.69 Å². The number of aromatic nitrogens is 5. The van der Waals surface area contributed by atoms with Crippen LogP contribution >= 0.6 is 0 Å². The maximum absolute atomic E-state index is 13.0. The molecule has 4 rings (SSSR count). The molecule has 0 radical (unpaired) electrons. The van der Waals surface area contributed by atoms with Crippen molar-refractivity contribution in [2.45, 2.75) is 44.8 Å². The number of carbonyl (C=O) groups is 1. The van der Waals surface area contributed by atoms with E-state index in [2.05, 4.69) is 20.5 Å². The Labute approximate surface area is 182 Å². The van der Waals surface area contributed by atoms with Crippen LogP contribution < -0.4 is 10.1 Å². The first-order valence-corrected chi connectivity index (χ1v) is 10.4. The number of nitrogens with one attached hydrogen (secondary N) is 1. The minimum Gasteiger partial charge on any atom is -0.478 e. The van der Waals surface area contributed by atoms with Gasteiger partial charge in [0.2, 0.25) is 5.88 Å². The van der Waals surface area contributed by atoms with Crippen molar-refractivity contribution in [3.05, 3.63) is 53.2 Å². The zero-order chi connectivity index (χ0) is 22.9. The Morgan fingerprint density at radius 2 is 2.09 bits per heavy atom. The van der Waals surface area contributed by atoms with Crippen LogP contribution in [0, 0.1) is 0 Å². The van der Waals surface area contributed by atoms with E-state index in [1.165, 1.54) is 7.05 Å². The lowest BCUT2D eigenvalue weighted by atomic mass is 10.1. The van der Waals surface area contributed by atoms with E-state index < -0.39 is 17.8 Å². The van der Waals surface area contributed by atoms with Gasteiger partial charge in [-0.1, -0.05) is 6.42 Å². The number of rotatable bonds is 5. The number of halogens is 3. The highest BCUT2D eigenvalue weighted by molar-refractivity contribution is 5.93. The molecular formula is C21H23F3N6O2. The van der Waals surface area contributed by atoms with E-state index >= 15 is 0 Å². The van der Waals surface area contributed by atoms with E-state index in [0.717, 1.165) is 47.0 Å². The smallest absolute Gasteiger partial charge is 0.435 e. The summed E-state index contributed by atoms with van der Waals surface area (Å²) in [6.45, 7) is 2.36. The number of amides is 1. The summed E-state index contributed by atoms with van der Waals surface area (Å²) in [4.78, 5) is 17.0. The summed E-state index contributed by atoms with van der Waals surface area (Å²) in [5.41, 5.74) is 1.23. The molecular weight excluding hydrogens is 425 g/mol. The van der Waals surface area contributed by atoms with Gasteiger partial charge < -0.3 is 10.1 Å². The maximum atomic E-state index is 13.0. The molecule has 0 saturated carbocycles. The Balaban J connectivity index is 1.60. The van der Waals surface area contributed by atoms with E-state index in [1.54, 1.807) is 23.0 Å². The van der Waals surface area contributed by atoms with Crippen molar-refractivity contribution < 1.29 is 22.7 Å². The number of pyridine rings is 1. The van der Waals surface area contributed by atoms with Crippen LogP contribution in [-0.4, -0.2) is 37.1 Å². The third kappa shape index (κ3) is 4.46. The topological polar surface area (TPSA) is 86.9 Å². The summed E-state index contributed by atoms with van der Waals surface area (Å²) < 4.78 is 47.0. The molecule has 3 aromatic heterocycles. The lowest BCUT2D eigenvalue weighted by molar-refractivity contribution is -0.141. The summed E-state index contributed by atoms with van der Waals surface area (Å²) in [5, 5.41) is 11.0. The van der Waals surface area contributed by atoms with Crippen molar-refractivity contribution in [1.29, 1.82) is 0 Å². The van der Waals surface area contributed by atoms with Crippen molar-refractivity contribution in [1.82, 2.24) is 29.9 Å². The number of nitrogens with zero attached hydrogens (tertiary/aromatic N) is 5. The van der Waals surface area contributed by atoms with Gasteiger partial charge in [0, 0.05) is 37.1 Å². The van der Waals surface area contributed by atoms with Crippen molar-refractivity contribution in [2.24, 2.45) is 7.05 Å².